The maximum absolute atomic E-state index is 12.5. The first-order chi connectivity index (χ1) is 23.6. The lowest BCUT2D eigenvalue weighted by atomic mass is 10.0. The summed E-state index contributed by atoms with van der Waals surface area (Å²) in [5, 5.41) is 8.85. The molecule has 1 unspecified atom stereocenters. The lowest BCUT2D eigenvalue weighted by Gasteiger charge is -2.20. The first kappa shape index (κ1) is 47.5. The van der Waals surface area contributed by atoms with Crippen molar-refractivity contribution in [2.75, 3.05) is 19.8 Å². The van der Waals surface area contributed by atoms with Crippen LogP contribution in [0.25, 0.3) is 0 Å². The molecule has 0 spiro atoms. The minimum Gasteiger partial charge on any atom is -0.480 e. The number of carboxylic acids is 1. The van der Waals surface area contributed by atoms with E-state index in [4.69, 9.17) is 24.8 Å². The number of ether oxygens (including phenoxy) is 2. The van der Waals surface area contributed by atoms with Gasteiger partial charge in [-0.2, -0.15) is 0 Å². The minimum atomic E-state index is -4.70. The van der Waals surface area contributed by atoms with Crippen molar-refractivity contribution in [1.29, 1.82) is 0 Å². The van der Waals surface area contributed by atoms with Crippen molar-refractivity contribution in [1.82, 2.24) is 0 Å². The molecule has 0 aliphatic heterocycles. The highest BCUT2D eigenvalue weighted by Gasteiger charge is 2.28. The van der Waals surface area contributed by atoms with E-state index < -0.39 is 51.1 Å². The van der Waals surface area contributed by atoms with Crippen LogP contribution in [0.15, 0.2) is 0 Å². The molecule has 0 aromatic heterocycles. The molecule has 290 valence electrons. The highest BCUT2D eigenvalue weighted by atomic mass is 31.2. The Balaban J connectivity index is 4.40. The molecule has 3 atom stereocenters. The average molecular weight is 722 g/mol. The van der Waals surface area contributed by atoms with Gasteiger partial charge in [0.05, 0.1) is 13.2 Å². The fourth-order valence-electron chi connectivity index (χ4n) is 5.48. The van der Waals surface area contributed by atoms with E-state index in [-0.39, 0.29) is 19.4 Å². The lowest BCUT2D eigenvalue weighted by Crippen LogP contribution is -2.34. The van der Waals surface area contributed by atoms with E-state index in [1.54, 1.807) is 0 Å². The number of rotatable bonds is 37. The van der Waals surface area contributed by atoms with E-state index in [9.17, 15) is 23.8 Å². The highest BCUT2D eigenvalue weighted by Crippen LogP contribution is 2.43. The fraction of sp³-hybridized carbons (Fsp3) is 0.919. The molecule has 0 aliphatic carbocycles. The second-order valence-electron chi connectivity index (χ2n) is 13.4. The Morgan fingerprint density at radius 1 is 0.551 bits per heavy atom. The van der Waals surface area contributed by atoms with Gasteiger partial charge in [0, 0.05) is 12.8 Å². The fourth-order valence-corrected chi connectivity index (χ4v) is 6.26. The zero-order valence-corrected chi connectivity index (χ0v) is 31.9. The summed E-state index contributed by atoms with van der Waals surface area (Å²) in [6, 6.07) is -1.51. The van der Waals surface area contributed by atoms with Gasteiger partial charge >= 0.3 is 25.7 Å². The van der Waals surface area contributed by atoms with Crippen LogP contribution in [0.2, 0.25) is 0 Å². The van der Waals surface area contributed by atoms with Crippen molar-refractivity contribution in [3.63, 3.8) is 0 Å². The molecule has 0 aromatic carbocycles. The summed E-state index contributed by atoms with van der Waals surface area (Å²) < 4.78 is 32.6. The third-order valence-corrected chi connectivity index (χ3v) is 9.56. The van der Waals surface area contributed by atoms with E-state index in [1.807, 2.05) is 0 Å². The van der Waals surface area contributed by atoms with Crippen LogP contribution in [-0.4, -0.2) is 59.9 Å². The van der Waals surface area contributed by atoms with Gasteiger partial charge < -0.3 is 25.2 Å². The normalized spacial score (nSPS) is 13.9. The number of aliphatic carboxylic acids is 1. The van der Waals surface area contributed by atoms with Crippen molar-refractivity contribution in [2.45, 2.75) is 199 Å². The number of phosphoric acid groups is 1. The molecule has 0 aliphatic rings. The molecule has 4 N–H and O–H groups in total. The second kappa shape index (κ2) is 33.6. The number of esters is 2. The van der Waals surface area contributed by atoms with Crippen LogP contribution in [0.3, 0.4) is 0 Å². The molecule has 12 heteroatoms. The minimum absolute atomic E-state index is 0.168. The van der Waals surface area contributed by atoms with Crippen LogP contribution in [0.1, 0.15) is 187 Å². The number of carbonyl (C=O) groups is 3. The third-order valence-electron chi connectivity index (χ3n) is 8.61. The summed E-state index contributed by atoms with van der Waals surface area (Å²) in [5.41, 5.74) is 5.31. The van der Waals surface area contributed by atoms with Gasteiger partial charge in [-0.3, -0.25) is 23.4 Å². The maximum Gasteiger partial charge on any atom is 0.472 e. The monoisotopic (exact) mass is 721 g/mol. The van der Waals surface area contributed by atoms with E-state index in [0.29, 0.717) is 12.8 Å². The van der Waals surface area contributed by atoms with Gasteiger partial charge in [0.2, 0.25) is 0 Å². The molecule has 11 nitrogen and oxygen atoms in total. The molecule has 0 amide bonds. The van der Waals surface area contributed by atoms with Gasteiger partial charge in [-0.05, 0) is 12.8 Å². The first-order valence-electron chi connectivity index (χ1n) is 19.6. The number of carbonyl (C=O) groups excluding carboxylic acids is 2. The molecule has 0 bridgehead atoms. The van der Waals surface area contributed by atoms with Crippen LogP contribution in [0.5, 0.6) is 0 Å². The molecule has 0 radical (unpaired) electrons. The predicted octanol–water partition coefficient (Wildman–Crippen LogP) is 9.56. The maximum atomic E-state index is 12.5. The summed E-state index contributed by atoms with van der Waals surface area (Å²) in [5.74, 6) is -2.36. The summed E-state index contributed by atoms with van der Waals surface area (Å²) >= 11 is 0. The van der Waals surface area contributed by atoms with Crippen LogP contribution in [-0.2, 0) is 37.5 Å². The Kier molecular flexibility index (Phi) is 32.6. The standard InChI is InChI=1S/C37H72NO10P/c1-3-5-7-9-11-13-15-17-19-21-23-25-27-29-36(40)48-33(31-46-49(43,44)47-32-34(38)37(41)42)30-45-35(39)28-26-24-22-20-18-16-14-12-10-8-6-4-2/h33-34H,3-32,38H2,1-2H3,(H,41,42)(H,43,44)/t33-,34-/m1/s1. The van der Waals surface area contributed by atoms with Gasteiger partial charge in [0.1, 0.15) is 12.6 Å². The van der Waals surface area contributed by atoms with Crippen LogP contribution in [0, 0.1) is 0 Å². The van der Waals surface area contributed by atoms with Crippen LogP contribution >= 0.6 is 7.82 Å². The van der Waals surface area contributed by atoms with Gasteiger partial charge in [-0.1, -0.05) is 162 Å². The molecular formula is C37H72NO10P. The third kappa shape index (κ3) is 33.4. The number of carboxylic acid groups (broad SMARTS) is 1. The van der Waals surface area contributed by atoms with Crippen molar-refractivity contribution in [3.05, 3.63) is 0 Å². The summed E-state index contributed by atoms with van der Waals surface area (Å²) in [6.07, 6.45) is 28.8. The summed E-state index contributed by atoms with van der Waals surface area (Å²) in [4.78, 5) is 45.7. The molecule has 0 rings (SSSR count). The Morgan fingerprint density at radius 2 is 0.898 bits per heavy atom. The Bertz CT molecular complexity index is 859. The average Bonchev–Trinajstić information content (AvgIpc) is 3.07. The number of nitrogens with two attached hydrogens (primary N) is 1. The topological polar surface area (TPSA) is 172 Å². The second-order valence-corrected chi connectivity index (χ2v) is 14.9. The van der Waals surface area contributed by atoms with E-state index in [0.717, 1.165) is 38.5 Å². The smallest absolute Gasteiger partial charge is 0.472 e. The quantitative estimate of drug-likeness (QED) is 0.0317. The molecule has 0 heterocycles. The lowest BCUT2D eigenvalue weighted by molar-refractivity contribution is -0.161. The summed E-state index contributed by atoms with van der Waals surface area (Å²) in [6.45, 7) is 2.80. The van der Waals surface area contributed by atoms with Crippen molar-refractivity contribution < 1.29 is 47.5 Å². The van der Waals surface area contributed by atoms with Gasteiger partial charge in [0.25, 0.3) is 0 Å². The summed E-state index contributed by atoms with van der Waals surface area (Å²) in [7, 11) is -4.70. The van der Waals surface area contributed by atoms with Crippen LogP contribution < -0.4 is 5.73 Å². The molecular weight excluding hydrogens is 649 g/mol. The van der Waals surface area contributed by atoms with E-state index >= 15 is 0 Å². The molecule has 0 fully saturated rings. The van der Waals surface area contributed by atoms with Gasteiger partial charge in [-0.15, -0.1) is 0 Å². The van der Waals surface area contributed by atoms with E-state index in [1.165, 1.54) is 109 Å². The Hall–Kier alpha value is -1.52. The molecule has 49 heavy (non-hydrogen) atoms. The van der Waals surface area contributed by atoms with E-state index in [2.05, 4.69) is 18.4 Å². The zero-order valence-electron chi connectivity index (χ0n) is 31.1. The van der Waals surface area contributed by atoms with Gasteiger partial charge in [-0.25, -0.2) is 4.57 Å². The van der Waals surface area contributed by atoms with Crippen molar-refractivity contribution >= 4 is 25.7 Å². The largest absolute Gasteiger partial charge is 0.480 e. The molecule has 0 saturated heterocycles. The predicted molar refractivity (Wildman–Crippen MR) is 194 cm³/mol. The zero-order chi connectivity index (χ0) is 36.4. The number of unbranched alkanes of at least 4 members (excludes halogenated alkanes) is 23. The first-order valence-corrected chi connectivity index (χ1v) is 21.1. The number of hydrogen-bond donors (Lipinski definition) is 3. The van der Waals surface area contributed by atoms with Gasteiger partial charge in [0.15, 0.2) is 6.10 Å². The molecule has 0 saturated carbocycles. The van der Waals surface area contributed by atoms with Crippen molar-refractivity contribution in [2.24, 2.45) is 5.73 Å². The Morgan fingerprint density at radius 3 is 1.29 bits per heavy atom. The van der Waals surface area contributed by atoms with Crippen LogP contribution in [0.4, 0.5) is 0 Å². The SMILES string of the molecule is CCCCCCCCCCCCCCCC(=O)O[C@H](COC(=O)CCCCCCCCCCCCCC)COP(=O)(O)OC[C@@H](N)C(=O)O. The Labute approximate surface area is 297 Å². The number of hydrogen-bond acceptors (Lipinski definition) is 9. The number of phosphoric ester groups is 1. The highest BCUT2D eigenvalue weighted by molar-refractivity contribution is 7.47. The molecule has 0 aromatic rings. The van der Waals surface area contributed by atoms with Crippen molar-refractivity contribution in [3.8, 4) is 0 Å².